The summed E-state index contributed by atoms with van der Waals surface area (Å²) in [7, 11) is 1.76. The largest absolute Gasteiger partial charge is 0.466 e. The van der Waals surface area contributed by atoms with E-state index in [0.29, 0.717) is 18.7 Å². The second-order valence-corrected chi connectivity index (χ2v) is 10.2. The number of nitrogens with zero attached hydrogens (tertiary/aromatic N) is 5. The summed E-state index contributed by atoms with van der Waals surface area (Å²) in [4.78, 5) is 32.4. The van der Waals surface area contributed by atoms with Crippen LogP contribution < -0.4 is 15.8 Å². The van der Waals surface area contributed by atoms with Gasteiger partial charge < -0.3 is 19.5 Å². The summed E-state index contributed by atoms with van der Waals surface area (Å²) in [5.74, 6) is 0.0349. The second kappa shape index (κ2) is 11.3. The van der Waals surface area contributed by atoms with Crippen LogP contribution in [0.3, 0.4) is 0 Å². The Labute approximate surface area is 238 Å². The Balaban J connectivity index is 1.20. The Morgan fingerprint density at radius 1 is 1.02 bits per heavy atom. The van der Waals surface area contributed by atoms with Gasteiger partial charge >= 0.3 is 5.97 Å². The highest BCUT2D eigenvalue weighted by molar-refractivity contribution is 5.83. The normalized spacial score (nSPS) is 15.2. The Bertz CT molecular complexity index is 1740. The molecular weight excluding hydrogens is 516 g/mol. The van der Waals surface area contributed by atoms with Gasteiger partial charge in [-0.1, -0.05) is 24.3 Å². The van der Waals surface area contributed by atoms with Gasteiger partial charge in [0.2, 0.25) is 0 Å². The van der Waals surface area contributed by atoms with Crippen LogP contribution >= 0.6 is 0 Å². The maximum atomic E-state index is 13.3. The highest BCUT2D eigenvalue weighted by atomic mass is 16.5. The fraction of sp³-hybridized carbons (Fsp3) is 0.250. The number of aryl methyl sites for hydroxylation is 1. The maximum Gasteiger partial charge on any atom is 0.310 e. The van der Waals surface area contributed by atoms with E-state index in [2.05, 4.69) is 20.3 Å². The van der Waals surface area contributed by atoms with Gasteiger partial charge in [0.1, 0.15) is 0 Å². The molecule has 1 unspecified atom stereocenters. The smallest absolute Gasteiger partial charge is 0.310 e. The third-order valence-electron chi connectivity index (χ3n) is 7.55. The lowest BCUT2D eigenvalue weighted by atomic mass is 9.97. The van der Waals surface area contributed by atoms with E-state index in [0.717, 1.165) is 53.1 Å². The summed E-state index contributed by atoms with van der Waals surface area (Å²) in [6.45, 7) is 3.78. The van der Waals surface area contributed by atoms with E-state index in [4.69, 9.17) is 4.74 Å². The van der Waals surface area contributed by atoms with Crippen molar-refractivity contribution in [1.29, 1.82) is 0 Å². The van der Waals surface area contributed by atoms with Crippen molar-refractivity contribution in [1.82, 2.24) is 19.3 Å². The number of piperidine rings is 1. The van der Waals surface area contributed by atoms with Gasteiger partial charge in [0.05, 0.1) is 35.4 Å². The highest BCUT2D eigenvalue weighted by Gasteiger charge is 2.27. The van der Waals surface area contributed by atoms with Crippen molar-refractivity contribution in [2.75, 3.05) is 29.9 Å². The number of fused-ring (bicyclic) bond motifs is 1. The molecule has 1 N–H and O–H groups in total. The molecule has 1 aliphatic rings. The summed E-state index contributed by atoms with van der Waals surface area (Å²) in [6, 6.07) is 23.7. The average molecular weight is 549 g/mol. The predicted molar refractivity (Wildman–Crippen MR) is 161 cm³/mol. The number of benzene rings is 3. The standard InChI is InChI=1S/C32H32N6O3/c1-3-41-32(40)23-8-7-17-37(20-23)26-14-12-25(13-15-26)34-30-31(39)36(2)29-18-22(11-16-28(29)35-30)24-19-33-38(21-24)27-9-5-4-6-10-27/h4-6,9-16,18-19,21,23H,3,7-8,17,20H2,1-2H3,(H,34,35). The molecule has 3 heterocycles. The number of aromatic nitrogens is 4. The van der Waals surface area contributed by atoms with E-state index < -0.39 is 0 Å². The zero-order valence-electron chi connectivity index (χ0n) is 23.2. The van der Waals surface area contributed by atoms with Crippen molar-refractivity contribution in [3.05, 3.63) is 95.5 Å². The molecule has 1 fully saturated rings. The van der Waals surface area contributed by atoms with Crippen LogP contribution in [0, 0.1) is 5.92 Å². The quantitative estimate of drug-likeness (QED) is 0.276. The molecule has 5 aromatic rings. The molecular formula is C32H32N6O3. The van der Waals surface area contributed by atoms with E-state index in [9.17, 15) is 9.59 Å². The van der Waals surface area contributed by atoms with Crippen molar-refractivity contribution in [3.63, 3.8) is 0 Å². The summed E-state index contributed by atoms with van der Waals surface area (Å²) >= 11 is 0. The number of nitrogens with one attached hydrogen (secondary N) is 1. The van der Waals surface area contributed by atoms with Crippen LogP contribution in [-0.2, 0) is 16.6 Å². The SMILES string of the molecule is CCOC(=O)C1CCCN(c2ccc(Nc3nc4ccc(-c5cnn(-c6ccccc6)c5)cc4n(C)c3=O)cc2)C1. The number of rotatable bonds is 7. The van der Waals surface area contributed by atoms with Crippen molar-refractivity contribution in [3.8, 4) is 16.8 Å². The maximum absolute atomic E-state index is 13.3. The van der Waals surface area contributed by atoms with Gasteiger partial charge in [-0.25, -0.2) is 9.67 Å². The number of esters is 1. The summed E-state index contributed by atoms with van der Waals surface area (Å²) in [5, 5.41) is 7.69. The van der Waals surface area contributed by atoms with Gasteiger partial charge in [0, 0.05) is 43.3 Å². The van der Waals surface area contributed by atoms with Crippen LogP contribution in [0.2, 0.25) is 0 Å². The van der Waals surface area contributed by atoms with Gasteiger partial charge in [-0.05, 0) is 73.9 Å². The fourth-order valence-electron chi connectivity index (χ4n) is 5.33. The minimum atomic E-state index is -0.216. The lowest BCUT2D eigenvalue weighted by molar-refractivity contribution is -0.148. The number of carbonyl (C=O) groups is 1. The molecule has 0 aliphatic carbocycles. The lowest BCUT2D eigenvalue weighted by Crippen LogP contribution is -2.39. The third kappa shape index (κ3) is 5.43. The number of para-hydroxylation sites is 1. The molecule has 1 aliphatic heterocycles. The van der Waals surface area contributed by atoms with Gasteiger partial charge in [-0.15, -0.1) is 0 Å². The molecule has 1 atom stereocenters. The Hall–Kier alpha value is -4.92. The molecule has 9 nitrogen and oxygen atoms in total. The van der Waals surface area contributed by atoms with Crippen molar-refractivity contribution >= 4 is 34.2 Å². The first kappa shape index (κ1) is 26.3. The first-order chi connectivity index (χ1) is 20.0. The minimum Gasteiger partial charge on any atom is -0.466 e. The van der Waals surface area contributed by atoms with E-state index in [1.807, 2.05) is 96.8 Å². The lowest BCUT2D eigenvalue weighted by Gasteiger charge is -2.33. The van der Waals surface area contributed by atoms with Crippen molar-refractivity contribution in [2.45, 2.75) is 19.8 Å². The van der Waals surface area contributed by atoms with Crippen molar-refractivity contribution in [2.24, 2.45) is 13.0 Å². The monoisotopic (exact) mass is 548 g/mol. The molecule has 0 spiro atoms. The Kier molecular flexibility index (Phi) is 7.24. The number of anilines is 3. The summed E-state index contributed by atoms with van der Waals surface area (Å²) in [6.07, 6.45) is 5.59. The topological polar surface area (TPSA) is 94.3 Å². The van der Waals surface area contributed by atoms with Crippen LogP contribution in [0.5, 0.6) is 0 Å². The third-order valence-corrected chi connectivity index (χ3v) is 7.55. The molecule has 0 bridgehead atoms. The van der Waals surface area contributed by atoms with Crippen LogP contribution in [0.1, 0.15) is 19.8 Å². The second-order valence-electron chi connectivity index (χ2n) is 10.2. The number of ether oxygens (including phenoxy) is 1. The summed E-state index contributed by atoms with van der Waals surface area (Å²) in [5.41, 5.74) is 5.92. The highest BCUT2D eigenvalue weighted by Crippen LogP contribution is 2.27. The molecule has 41 heavy (non-hydrogen) atoms. The van der Waals surface area contributed by atoms with E-state index in [1.165, 1.54) is 0 Å². The molecule has 0 radical (unpaired) electrons. The van der Waals surface area contributed by atoms with Gasteiger partial charge in [0.15, 0.2) is 5.82 Å². The number of hydrogen-bond donors (Lipinski definition) is 1. The molecule has 3 aromatic carbocycles. The van der Waals surface area contributed by atoms with Crippen LogP contribution in [0.25, 0.3) is 27.8 Å². The molecule has 6 rings (SSSR count). The molecule has 1 saturated heterocycles. The van der Waals surface area contributed by atoms with Gasteiger partial charge in [-0.2, -0.15) is 5.10 Å². The molecule has 9 heteroatoms. The molecule has 208 valence electrons. The first-order valence-electron chi connectivity index (χ1n) is 13.9. The minimum absolute atomic E-state index is 0.105. The van der Waals surface area contributed by atoms with Gasteiger partial charge in [-0.3, -0.25) is 9.59 Å². The first-order valence-corrected chi connectivity index (χ1v) is 13.9. The van der Waals surface area contributed by atoms with E-state index in [1.54, 1.807) is 11.6 Å². The zero-order chi connectivity index (χ0) is 28.3. The van der Waals surface area contributed by atoms with Gasteiger partial charge in [0.25, 0.3) is 5.56 Å². The molecule has 0 amide bonds. The number of carbonyl (C=O) groups excluding carboxylic acids is 1. The fourth-order valence-corrected chi connectivity index (χ4v) is 5.33. The van der Waals surface area contributed by atoms with Crippen molar-refractivity contribution < 1.29 is 9.53 Å². The zero-order valence-corrected chi connectivity index (χ0v) is 23.2. The average Bonchev–Trinajstić information content (AvgIpc) is 3.51. The van der Waals surface area contributed by atoms with E-state index >= 15 is 0 Å². The summed E-state index contributed by atoms with van der Waals surface area (Å²) < 4.78 is 8.68. The number of hydrogen-bond acceptors (Lipinski definition) is 7. The molecule has 0 saturated carbocycles. The molecule has 2 aromatic heterocycles. The van der Waals surface area contributed by atoms with Crippen LogP contribution in [0.15, 0.2) is 90.0 Å². The van der Waals surface area contributed by atoms with Crippen LogP contribution in [-0.4, -0.2) is 45.0 Å². The van der Waals surface area contributed by atoms with E-state index in [-0.39, 0.29) is 23.3 Å². The predicted octanol–water partition coefficient (Wildman–Crippen LogP) is 5.31. The Morgan fingerprint density at radius 2 is 1.83 bits per heavy atom. The Morgan fingerprint density at radius 3 is 2.61 bits per heavy atom. The van der Waals surface area contributed by atoms with Crippen LogP contribution in [0.4, 0.5) is 17.2 Å².